The lowest BCUT2D eigenvalue weighted by atomic mass is 10.1. The highest BCUT2D eigenvalue weighted by Crippen LogP contribution is 2.30. The summed E-state index contributed by atoms with van der Waals surface area (Å²) in [5.41, 5.74) is 4.25. The maximum absolute atomic E-state index is 12.6. The molecule has 0 aliphatic carbocycles. The molecule has 5 aromatic rings. The van der Waals surface area contributed by atoms with Crippen LogP contribution in [0.5, 0.6) is 0 Å². The number of carbonyl (C=O) groups is 2. The van der Waals surface area contributed by atoms with Crippen molar-refractivity contribution in [3.05, 3.63) is 84.0 Å². The number of hydrogen-bond donors (Lipinski definition) is 4. The number of anilines is 1. The van der Waals surface area contributed by atoms with Gasteiger partial charge in [-0.1, -0.05) is 37.3 Å². The minimum absolute atomic E-state index is 0.101. The fourth-order valence-electron chi connectivity index (χ4n) is 3.94. The van der Waals surface area contributed by atoms with E-state index in [1.807, 2.05) is 43.5 Å². The lowest BCUT2D eigenvalue weighted by molar-refractivity contribution is -0.111. The van der Waals surface area contributed by atoms with Crippen LogP contribution in [0.3, 0.4) is 0 Å². The first-order chi connectivity index (χ1) is 16.5. The highest BCUT2D eigenvalue weighted by atomic mass is 16.4. The standard InChI is InChI=1S/C26H21N5O3/c1-2-21-30-24(23-19(26(33)34)14-28-25(23)31-21)15-6-5-7-17(12-15)29-22(32)11-10-16-13-27-20-9-4-3-8-18(16)20/h3-14,27H,2H2,1H3,(H,29,32)(H,33,34)(H,28,30,31)/b11-10+. The molecule has 0 bridgehead atoms. The molecule has 3 heterocycles. The predicted molar refractivity (Wildman–Crippen MR) is 132 cm³/mol. The highest BCUT2D eigenvalue weighted by molar-refractivity contribution is 6.08. The molecule has 0 saturated heterocycles. The van der Waals surface area contributed by atoms with Crippen molar-refractivity contribution in [3.8, 4) is 11.3 Å². The van der Waals surface area contributed by atoms with Gasteiger partial charge >= 0.3 is 5.97 Å². The van der Waals surface area contributed by atoms with Crippen LogP contribution in [0, 0.1) is 0 Å². The minimum atomic E-state index is -1.06. The first kappa shape index (κ1) is 21.1. The third-order valence-electron chi connectivity index (χ3n) is 5.56. The molecule has 4 N–H and O–H groups in total. The number of carboxylic acids is 1. The number of para-hydroxylation sites is 1. The van der Waals surface area contributed by atoms with Gasteiger partial charge in [0.15, 0.2) is 0 Å². The number of benzene rings is 2. The Bertz CT molecular complexity index is 1580. The number of nitrogens with zero attached hydrogens (tertiary/aromatic N) is 2. The molecule has 0 spiro atoms. The zero-order chi connectivity index (χ0) is 23.7. The Hall–Kier alpha value is -4.72. The first-order valence-electron chi connectivity index (χ1n) is 10.8. The summed E-state index contributed by atoms with van der Waals surface area (Å²) >= 11 is 0. The highest BCUT2D eigenvalue weighted by Gasteiger charge is 2.19. The summed E-state index contributed by atoms with van der Waals surface area (Å²) in [6.45, 7) is 1.93. The third-order valence-corrected chi connectivity index (χ3v) is 5.56. The molecule has 8 heteroatoms. The fraction of sp³-hybridized carbons (Fsp3) is 0.0769. The molecular formula is C26H21N5O3. The maximum atomic E-state index is 12.6. The molecule has 5 rings (SSSR count). The van der Waals surface area contributed by atoms with E-state index in [1.54, 1.807) is 24.3 Å². The Morgan fingerprint density at radius 1 is 1.06 bits per heavy atom. The van der Waals surface area contributed by atoms with Gasteiger partial charge < -0.3 is 20.4 Å². The summed E-state index contributed by atoms with van der Waals surface area (Å²) in [5, 5.41) is 13.9. The van der Waals surface area contributed by atoms with Crippen molar-refractivity contribution in [2.45, 2.75) is 13.3 Å². The van der Waals surface area contributed by atoms with Gasteiger partial charge in [-0.3, -0.25) is 4.79 Å². The number of carboxylic acid groups (broad SMARTS) is 1. The Morgan fingerprint density at radius 2 is 1.91 bits per heavy atom. The summed E-state index contributed by atoms with van der Waals surface area (Å²) < 4.78 is 0. The van der Waals surface area contributed by atoms with E-state index in [0.29, 0.717) is 40.2 Å². The second-order valence-electron chi connectivity index (χ2n) is 7.77. The van der Waals surface area contributed by atoms with Crippen LogP contribution in [0.1, 0.15) is 28.7 Å². The van der Waals surface area contributed by atoms with Crippen molar-refractivity contribution in [1.29, 1.82) is 0 Å². The van der Waals surface area contributed by atoms with Gasteiger partial charge in [-0.15, -0.1) is 0 Å². The average Bonchev–Trinajstić information content (AvgIpc) is 3.46. The second kappa shape index (κ2) is 8.67. The van der Waals surface area contributed by atoms with Crippen LogP contribution in [-0.4, -0.2) is 36.9 Å². The Labute approximate surface area is 194 Å². The fourth-order valence-corrected chi connectivity index (χ4v) is 3.94. The largest absolute Gasteiger partial charge is 0.478 e. The van der Waals surface area contributed by atoms with E-state index in [1.165, 1.54) is 12.3 Å². The van der Waals surface area contributed by atoms with Gasteiger partial charge in [-0.2, -0.15) is 0 Å². The molecule has 0 atom stereocenters. The number of amides is 1. The van der Waals surface area contributed by atoms with Crippen molar-refractivity contribution in [1.82, 2.24) is 19.9 Å². The molecule has 0 aliphatic rings. The normalized spacial score (nSPS) is 11.4. The van der Waals surface area contributed by atoms with Gasteiger partial charge in [0, 0.05) is 47.0 Å². The molecule has 3 aromatic heterocycles. The first-order valence-corrected chi connectivity index (χ1v) is 10.8. The van der Waals surface area contributed by atoms with Gasteiger partial charge in [0.2, 0.25) is 5.91 Å². The summed E-state index contributed by atoms with van der Waals surface area (Å²) in [4.78, 5) is 39.4. The van der Waals surface area contributed by atoms with Crippen molar-refractivity contribution < 1.29 is 14.7 Å². The average molecular weight is 451 g/mol. The van der Waals surface area contributed by atoms with E-state index >= 15 is 0 Å². The Morgan fingerprint density at radius 3 is 2.74 bits per heavy atom. The Kier molecular flexibility index (Phi) is 5.39. The van der Waals surface area contributed by atoms with E-state index in [2.05, 4.69) is 25.3 Å². The van der Waals surface area contributed by atoms with Gasteiger partial charge in [-0.05, 0) is 29.8 Å². The topological polar surface area (TPSA) is 124 Å². The zero-order valence-electron chi connectivity index (χ0n) is 18.3. The molecule has 0 unspecified atom stereocenters. The molecule has 1 amide bonds. The maximum Gasteiger partial charge on any atom is 0.338 e. The quantitative estimate of drug-likeness (QED) is 0.270. The molecule has 2 aromatic carbocycles. The minimum Gasteiger partial charge on any atom is -0.478 e. The lowest BCUT2D eigenvalue weighted by Gasteiger charge is -2.09. The molecule has 0 radical (unpaired) electrons. The number of aromatic amines is 2. The number of H-pyrrole nitrogens is 2. The summed E-state index contributed by atoms with van der Waals surface area (Å²) in [5.74, 6) is -0.748. The van der Waals surface area contributed by atoms with Gasteiger partial charge in [0.1, 0.15) is 11.5 Å². The van der Waals surface area contributed by atoms with Gasteiger partial charge in [-0.25, -0.2) is 14.8 Å². The smallest absolute Gasteiger partial charge is 0.338 e. The summed E-state index contributed by atoms with van der Waals surface area (Å²) in [6.07, 6.45) is 7.12. The molecule has 168 valence electrons. The number of carbonyl (C=O) groups excluding carboxylic acids is 1. The zero-order valence-corrected chi connectivity index (χ0v) is 18.3. The number of hydrogen-bond acceptors (Lipinski definition) is 4. The van der Waals surface area contributed by atoms with E-state index in [9.17, 15) is 14.7 Å². The molecule has 0 saturated carbocycles. The van der Waals surface area contributed by atoms with E-state index in [0.717, 1.165) is 16.5 Å². The van der Waals surface area contributed by atoms with E-state index in [-0.39, 0.29) is 11.5 Å². The van der Waals surface area contributed by atoms with Crippen LogP contribution in [0.25, 0.3) is 39.3 Å². The summed E-state index contributed by atoms with van der Waals surface area (Å²) in [7, 11) is 0. The van der Waals surface area contributed by atoms with Gasteiger partial charge in [0.25, 0.3) is 0 Å². The van der Waals surface area contributed by atoms with Crippen LogP contribution in [0.2, 0.25) is 0 Å². The number of fused-ring (bicyclic) bond motifs is 2. The molecule has 0 aliphatic heterocycles. The lowest BCUT2D eigenvalue weighted by Crippen LogP contribution is -2.07. The Balaban J connectivity index is 1.45. The number of aryl methyl sites for hydroxylation is 1. The monoisotopic (exact) mass is 451 g/mol. The van der Waals surface area contributed by atoms with Crippen molar-refractivity contribution in [2.24, 2.45) is 0 Å². The third kappa shape index (κ3) is 3.93. The van der Waals surface area contributed by atoms with Crippen molar-refractivity contribution >= 4 is 45.6 Å². The SMILES string of the molecule is CCc1nc(-c2cccc(NC(=O)/C=C/c3c[nH]c4ccccc34)c2)c2c(C(=O)O)c[nH]c2n1. The number of nitrogens with one attached hydrogen (secondary N) is 3. The number of aromatic nitrogens is 4. The number of rotatable bonds is 6. The van der Waals surface area contributed by atoms with E-state index in [4.69, 9.17) is 0 Å². The molecular weight excluding hydrogens is 430 g/mol. The van der Waals surface area contributed by atoms with Gasteiger partial charge in [0.05, 0.1) is 16.6 Å². The summed E-state index contributed by atoms with van der Waals surface area (Å²) in [6, 6.07) is 15.0. The van der Waals surface area contributed by atoms with Crippen LogP contribution in [0.4, 0.5) is 5.69 Å². The molecule has 34 heavy (non-hydrogen) atoms. The van der Waals surface area contributed by atoms with Crippen molar-refractivity contribution in [3.63, 3.8) is 0 Å². The van der Waals surface area contributed by atoms with Crippen LogP contribution >= 0.6 is 0 Å². The van der Waals surface area contributed by atoms with E-state index < -0.39 is 5.97 Å². The second-order valence-corrected chi connectivity index (χ2v) is 7.77. The number of aromatic carboxylic acids is 1. The van der Waals surface area contributed by atoms with Crippen LogP contribution < -0.4 is 5.32 Å². The van der Waals surface area contributed by atoms with Crippen LogP contribution in [-0.2, 0) is 11.2 Å². The molecule has 0 fully saturated rings. The molecule has 8 nitrogen and oxygen atoms in total. The van der Waals surface area contributed by atoms with Crippen molar-refractivity contribution in [2.75, 3.05) is 5.32 Å². The predicted octanol–water partition coefficient (Wildman–Crippen LogP) is 5.02. The van der Waals surface area contributed by atoms with Crippen LogP contribution in [0.15, 0.2) is 67.0 Å².